The SMILES string of the molecule is CCOC(=O)N[C@H](CC(=O)N/N=C\c1ccc(OCc2ccc(OC)cc2)cc1)c1ccccc1. The number of rotatable bonds is 11. The largest absolute Gasteiger partial charge is 0.497 e. The van der Waals surface area contributed by atoms with Crippen molar-refractivity contribution in [3.63, 3.8) is 0 Å². The summed E-state index contributed by atoms with van der Waals surface area (Å²) in [6.45, 7) is 2.41. The van der Waals surface area contributed by atoms with Crippen molar-refractivity contribution >= 4 is 18.2 Å². The highest BCUT2D eigenvalue weighted by Gasteiger charge is 2.18. The fourth-order valence-electron chi connectivity index (χ4n) is 3.20. The van der Waals surface area contributed by atoms with E-state index < -0.39 is 12.1 Å². The van der Waals surface area contributed by atoms with Crippen LogP contribution >= 0.6 is 0 Å². The van der Waals surface area contributed by atoms with Gasteiger partial charge in [-0.25, -0.2) is 10.2 Å². The normalized spacial score (nSPS) is 11.5. The molecule has 0 spiro atoms. The van der Waals surface area contributed by atoms with Crippen LogP contribution in [0.4, 0.5) is 4.79 Å². The van der Waals surface area contributed by atoms with E-state index in [0.717, 1.165) is 28.2 Å². The molecule has 8 nitrogen and oxygen atoms in total. The monoisotopic (exact) mass is 475 g/mol. The summed E-state index contributed by atoms with van der Waals surface area (Å²) in [6, 6.07) is 23.7. The fourth-order valence-corrected chi connectivity index (χ4v) is 3.20. The number of hydrogen-bond donors (Lipinski definition) is 2. The van der Waals surface area contributed by atoms with Gasteiger partial charge in [0.1, 0.15) is 18.1 Å². The summed E-state index contributed by atoms with van der Waals surface area (Å²) >= 11 is 0. The third kappa shape index (κ3) is 8.51. The van der Waals surface area contributed by atoms with Crippen LogP contribution in [0.5, 0.6) is 11.5 Å². The van der Waals surface area contributed by atoms with E-state index in [1.54, 1.807) is 20.2 Å². The number of nitrogens with one attached hydrogen (secondary N) is 2. The zero-order valence-corrected chi connectivity index (χ0v) is 19.8. The Kier molecular flexibility index (Phi) is 9.68. The summed E-state index contributed by atoms with van der Waals surface area (Å²) in [6.07, 6.45) is 0.978. The molecule has 0 bridgehead atoms. The zero-order valence-electron chi connectivity index (χ0n) is 19.8. The number of carbonyl (C=O) groups excluding carboxylic acids is 2. The van der Waals surface area contributed by atoms with Gasteiger partial charge in [-0.05, 0) is 60.0 Å². The first-order valence-electron chi connectivity index (χ1n) is 11.2. The summed E-state index contributed by atoms with van der Waals surface area (Å²) in [4.78, 5) is 24.3. The molecule has 8 heteroatoms. The lowest BCUT2D eigenvalue weighted by Gasteiger charge is -2.18. The Bertz CT molecular complexity index is 1100. The molecule has 3 aromatic rings. The number of amides is 2. The Morgan fingerprint density at radius 3 is 2.29 bits per heavy atom. The summed E-state index contributed by atoms with van der Waals surface area (Å²) < 4.78 is 15.9. The molecule has 0 saturated heterocycles. The number of carbonyl (C=O) groups is 2. The number of ether oxygens (including phenoxy) is 3. The van der Waals surface area contributed by atoms with Gasteiger partial charge in [-0.2, -0.15) is 5.10 Å². The molecule has 182 valence electrons. The van der Waals surface area contributed by atoms with E-state index >= 15 is 0 Å². The standard InChI is InChI=1S/C27H29N3O5/c1-3-34-27(32)29-25(22-7-5-4-6-8-22)17-26(31)30-28-18-20-9-15-24(16-10-20)35-19-21-11-13-23(33-2)14-12-21/h4-16,18,25H,3,17,19H2,1-2H3,(H,29,32)(H,30,31)/b28-18-/t25-/m1/s1. The van der Waals surface area contributed by atoms with Crippen molar-refractivity contribution in [2.75, 3.05) is 13.7 Å². The van der Waals surface area contributed by atoms with E-state index in [1.807, 2.05) is 78.9 Å². The molecular formula is C27H29N3O5. The van der Waals surface area contributed by atoms with Crippen LogP contribution in [-0.2, 0) is 16.1 Å². The molecule has 35 heavy (non-hydrogen) atoms. The van der Waals surface area contributed by atoms with Crippen molar-refractivity contribution in [1.82, 2.24) is 10.7 Å². The Morgan fingerprint density at radius 1 is 0.943 bits per heavy atom. The van der Waals surface area contributed by atoms with Crippen molar-refractivity contribution < 1.29 is 23.8 Å². The van der Waals surface area contributed by atoms with Crippen LogP contribution in [0.1, 0.15) is 36.1 Å². The average molecular weight is 476 g/mol. The smallest absolute Gasteiger partial charge is 0.407 e. The molecule has 0 aromatic heterocycles. The maximum absolute atomic E-state index is 12.4. The highest BCUT2D eigenvalue weighted by molar-refractivity contribution is 5.83. The molecule has 3 rings (SSSR count). The van der Waals surface area contributed by atoms with E-state index in [2.05, 4.69) is 15.8 Å². The zero-order chi connectivity index (χ0) is 24.9. The molecule has 0 saturated carbocycles. The van der Waals surface area contributed by atoms with Crippen LogP contribution in [0.15, 0.2) is 84.0 Å². The van der Waals surface area contributed by atoms with Gasteiger partial charge in [0, 0.05) is 0 Å². The minimum atomic E-state index is -0.577. The van der Waals surface area contributed by atoms with Crippen molar-refractivity contribution in [3.8, 4) is 11.5 Å². The molecule has 0 unspecified atom stereocenters. The van der Waals surface area contributed by atoms with Crippen LogP contribution in [0, 0.1) is 0 Å². The maximum Gasteiger partial charge on any atom is 0.407 e. The first-order valence-corrected chi connectivity index (χ1v) is 11.2. The van der Waals surface area contributed by atoms with Crippen molar-refractivity contribution in [2.45, 2.75) is 26.0 Å². The van der Waals surface area contributed by atoms with Crippen LogP contribution in [0.3, 0.4) is 0 Å². The Hall–Kier alpha value is -4.33. The summed E-state index contributed by atoms with van der Waals surface area (Å²) in [5.41, 5.74) is 5.13. The van der Waals surface area contributed by atoms with E-state index in [9.17, 15) is 9.59 Å². The number of benzene rings is 3. The van der Waals surface area contributed by atoms with Crippen LogP contribution in [-0.4, -0.2) is 31.9 Å². The van der Waals surface area contributed by atoms with Crippen LogP contribution in [0.2, 0.25) is 0 Å². The number of hydrogen-bond acceptors (Lipinski definition) is 6. The lowest BCUT2D eigenvalue weighted by atomic mass is 10.0. The van der Waals surface area contributed by atoms with Gasteiger partial charge in [0.15, 0.2) is 0 Å². The van der Waals surface area contributed by atoms with E-state index in [-0.39, 0.29) is 18.9 Å². The minimum Gasteiger partial charge on any atom is -0.497 e. The molecule has 1 atom stereocenters. The molecule has 0 aliphatic heterocycles. The van der Waals surface area contributed by atoms with Crippen molar-refractivity contribution in [3.05, 3.63) is 95.6 Å². The molecule has 3 aromatic carbocycles. The van der Waals surface area contributed by atoms with Crippen molar-refractivity contribution in [1.29, 1.82) is 0 Å². The highest BCUT2D eigenvalue weighted by Crippen LogP contribution is 2.17. The first kappa shape index (κ1) is 25.3. The molecule has 2 N–H and O–H groups in total. The second-order valence-corrected chi connectivity index (χ2v) is 7.53. The van der Waals surface area contributed by atoms with Gasteiger partial charge < -0.3 is 19.5 Å². The number of methoxy groups -OCH3 is 1. The third-order valence-electron chi connectivity index (χ3n) is 5.01. The van der Waals surface area contributed by atoms with Gasteiger partial charge in [0.2, 0.25) is 5.91 Å². The Labute approximate surface area is 204 Å². The highest BCUT2D eigenvalue weighted by atomic mass is 16.5. The number of nitrogens with zero attached hydrogens (tertiary/aromatic N) is 1. The van der Waals surface area contributed by atoms with Crippen molar-refractivity contribution in [2.24, 2.45) is 5.10 Å². The summed E-state index contributed by atoms with van der Waals surface area (Å²) in [5.74, 6) is 1.18. The predicted octanol–water partition coefficient (Wildman–Crippen LogP) is 4.60. The lowest BCUT2D eigenvalue weighted by Crippen LogP contribution is -2.33. The van der Waals surface area contributed by atoms with Gasteiger partial charge in [-0.1, -0.05) is 42.5 Å². The first-order chi connectivity index (χ1) is 17.1. The second kappa shape index (κ2) is 13.4. The molecule has 0 heterocycles. The van der Waals surface area contributed by atoms with E-state index in [1.165, 1.54) is 0 Å². The Morgan fingerprint density at radius 2 is 1.63 bits per heavy atom. The van der Waals surface area contributed by atoms with Gasteiger partial charge in [0.05, 0.1) is 32.4 Å². The topological polar surface area (TPSA) is 98.2 Å². The molecular weight excluding hydrogens is 446 g/mol. The van der Waals surface area contributed by atoms with Gasteiger partial charge in [0.25, 0.3) is 0 Å². The molecule has 0 radical (unpaired) electrons. The van der Waals surface area contributed by atoms with E-state index in [4.69, 9.17) is 14.2 Å². The van der Waals surface area contributed by atoms with Gasteiger partial charge in [-0.15, -0.1) is 0 Å². The number of hydrazone groups is 1. The molecule has 2 amide bonds. The summed E-state index contributed by atoms with van der Waals surface area (Å²) in [5, 5.41) is 6.74. The molecule has 0 aliphatic carbocycles. The molecule has 0 aliphatic rings. The third-order valence-corrected chi connectivity index (χ3v) is 5.01. The predicted molar refractivity (Wildman–Crippen MR) is 133 cm³/mol. The van der Waals surface area contributed by atoms with Crippen LogP contribution < -0.4 is 20.2 Å². The Balaban J connectivity index is 1.49. The summed E-state index contributed by atoms with van der Waals surface area (Å²) in [7, 11) is 1.63. The molecule has 0 fully saturated rings. The second-order valence-electron chi connectivity index (χ2n) is 7.53. The average Bonchev–Trinajstić information content (AvgIpc) is 2.89. The fraction of sp³-hybridized carbons (Fsp3) is 0.222. The van der Waals surface area contributed by atoms with Crippen LogP contribution in [0.25, 0.3) is 0 Å². The van der Waals surface area contributed by atoms with Gasteiger partial charge in [-0.3, -0.25) is 4.79 Å². The van der Waals surface area contributed by atoms with E-state index in [0.29, 0.717) is 6.61 Å². The lowest BCUT2D eigenvalue weighted by molar-refractivity contribution is -0.121. The quantitative estimate of drug-likeness (QED) is 0.312. The minimum absolute atomic E-state index is 0.0122. The van der Waals surface area contributed by atoms with Gasteiger partial charge >= 0.3 is 6.09 Å². The maximum atomic E-state index is 12.4. The number of alkyl carbamates (subject to hydrolysis) is 1.